The zero-order valence-electron chi connectivity index (χ0n) is 10.4. The van der Waals surface area contributed by atoms with Gasteiger partial charge in [0.05, 0.1) is 6.54 Å². The first-order valence-electron chi connectivity index (χ1n) is 5.59. The Bertz CT molecular complexity index is 289. The number of carbonyl (C=O) groups excluding carboxylic acids is 1. The van der Waals surface area contributed by atoms with Gasteiger partial charge in [-0.1, -0.05) is 0 Å². The number of hydrogen-bond acceptors (Lipinski definition) is 3. The lowest BCUT2D eigenvalue weighted by Crippen LogP contribution is -2.51. The molecule has 0 spiro atoms. The summed E-state index contributed by atoms with van der Waals surface area (Å²) >= 11 is 0. The fourth-order valence-corrected chi connectivity index (χ4v) is 1.79. The third-order valence-electron chi connectivity index (χ3n) is 2.40. The Kier molecular flexibility index (Phi) is 3.96. The van der Waals surface area contributed by atoms with E-state index in [0.717, 1.165) is 4.90 Å². The summed E-state index contributed by atoms with van der Waals surface area (Å²) in [5, 5.41) is 8.94. The van der Waals surface area contributed by atoms with Crippen LogP contribution in [0.25, 0.3) is 0 Å². The van der Waals surface area contributed by atoms with Crippen LogP contribution in [-0.2, 0) is 4.74 Å². The van der Waals surface area contributed by atoms with Crippen LogP contribution in [0.15, 0.2) is 0 Å². The summed E-state index contributed by atoms with van der Waals surface area (Å²) in [5.74, 6) is -3.55. The summed E-state index contributed by atoms with van der Waals surface area (Å²) in [7, 11) is 0. The molecule has 1 amide bonds. The van der Waals surface area contributed by atoms with E-state index < -0.39 is 30.1 Å². The highest BCUT2D eigenvalue weighted by atomic mass is 19.3. The molecule has 17 heavy (non-hydrogen) atoms. The molecule has 0 saturated carbocycles. The maximum absolute atomic E-state index is 13.3. The first kappa shape index (κ1) is 14.2. The van der Waals surface area contributed by atoms with Crippen molar-refractivity contribution < 1.29 is 23.4 Å². The molecule has 4 nitrogen and oxygen atoms in total. The van der Waals surface area contributed by atoms with E-state index in [1.165, 1.54) is 0 Å². The van der Waals surface area contributed by atoms with Crippen LogP contribution in [0.4, 0.5) is 13.6 Å². The summed E-state index contributed by atoms with van der Waals surface area (Å²) in [6, 6.07) is 0. The van der Waals surface area contributed by atoms with Crippen molar-refractivity contribution in [3.63, 3.8) is 0 Å². The number of halogens is 2. The van der Waals surface area contributed by atoms with Gasteiger partial charge in [0.2, 0.25) is 0 Å². The second kappa shape index (κ2) is 4.76. The number of amides is 1. The lowest BCUT2D eigenvalue weighted by molar-refractivity contribution is -0.0930. The average molecular weight is 251 g/mol. The molecule has 6 heteroatoms. The number of aliphatic hydroxyl groups excluding tert-OH is 1. The fourth-order valence-electron chi connectivity index (χ4n) is 1.79. The van der Waals surface area contributed by atoms with Gasteiger partial charge in [-0.2, -0.15) is 0 Å². The van der Waals surface area contributed by atoms with Crippen LogP contribution < -0.4 is 0 Å². The minimum absolute atomic E-state index is 0.112. The third-order valence-corrected chi connectivity index (χ3v) is 2.40. The van der Waals surface area contributed by atoms with Gasteiger partial charge in [-0.05, 0) is 20.8 Å². The molecule has 1 N–H and O–H groups in total. The summed E-state index contributed by atoms with van der Waals surface area (Å²) < 4.78 is 31.7. The summed E-state index contributed by atoms with van der Waals surface area (Å²) in [4.78, 5) is 12.6. The van der Waals surface area contributed by atoms with Crippen molar-refractivity contribution in [2.75, 3.05) is 19.7 Å². The summed E-state index contributed by atoms with van der Waals surface area (Å²) in [6.07, 6.45) is -1.14. The molecule has 100 valence electrons. The van der Waals surface area contributed by atoms with E-state index in [1.807, 2.05) is 0 Å². The molecular weight excluding hydrogens is 232 g/mol. The smallest absolute Gasteiger partial charge is 0.410 e. The molecule has 0 aromatic heterocycles. The normalized spacial score (nSPS) is 24.6. The van der Waals surface area contributed by atoms with E-state index >= 15 is 0 Å². The zero-order chi connectivity index (χ0) is 13.3. The molecule has 0 radical (unpaired) electrons. The monoisotopic (exact) mass is 251 g/mol. The highest BCUT2D eigenvalue weighted by Crippen LogP contribution is 2.30. The minimum atomic E-state index is -2.96. The Balaban J connectivity index is 2.67. The van der Waals surface area contributed by atoms with Gasteiger partial charge in [0.25, 0.3) is 5.92 Å². The van der Waals surface area contributed by atoms with Crippen LogP contribution in [0.5, 0.6) is 0 Å². The van der Waals surface area contributed by atoms with E-state index in [2.05, 4.69) is 0 Å². The van der Waals surface area contributed by atoms with Crippen molar-refractivity contribution in [2.45, 2.75) is 38.7 Å². The minimum Gasteiger partial charge on any atom is -0.444 e. The molecule has 1 rings (SSSR count). The molecular formula is C11H19F2NO3. The molecule has 0 aromatic rings. The number of hydrogen-bond donors (Lipinski definition) is 1. The zero-order valence-corrected chi connectivity index (χ0v) is 10.4. The molecule has 0 bridgehead atoms. The van der Waals surface area contributed by atoms with E-state index in [1.54, 1.807) is 20.8 Å². The number of alkyl halides is 2. The maximum Gasteiger partial charge on any atom is 0.410 e. The number of nitrogens with zero attached hydrogens (tertiary/aromatic N) is 1. The van der Waals surface area contributed by atoms with Crippen LogP contribution in [0.2, 0.25) is 0 Å². The fraction of sp³-hybridized carbons (Fsp3) is 0.909. The van der Waals surface area contributed by atoms with Crippen molar-refractivity contribution in [1.82, 2.24) is 4.90 Å². The topological polar surface area (TPSA) is 49.8 Å². The average Bonchev–Trinajstić information content (AvgIpc) is 2.12. The van der Waals surface area contributed by atoms with Crippen LogP contribution in [0.1, 0.15) is 27.2 Å². The summed E-state index contributed by atoms with van der Waals surface area (Å²) in [5.41, 5.74) is -0.710. The molecule has 1 aliphatic rings. The quantitative estimate of drug-likeness (QED) is 0.774. The number of likely N-dealkylation sites (tertiary alicyclic amines) is 1. The Morgan fingerprint density at radius 2 is 2.12 bits per heavy atom. The molecule has 1 aliphatic heterocycles. The summed E-state index contributed by atoms with van der Waals surface area (Å²) in [6.45, 7) is 4.15. The first-order valence-corrected chi connectivity index (χ1v) is 5.59. The lowest BCUT2D eigenvalue weighted by atomic mass is 9.96. The Morgan fingerprint density at radius 3 is 2.59 bits per heavy atom. The van der Waals surface area contributed by atoms with Crippen LogP contribution in [0, 0.1) is 5.92 Å². The van der Waals surface area contributed by atoms with Crippen LogP contribution in [-0.4, -0.2) is 47.3 Å². The number of rotatable bonds is 1. The number of carbonyl (C=O) groups is 1. The molecule has 1 saturated heterocycles. The SMILES string of the molecule is CC(C)(C)OC(=O)N1C[C@@H](CO)CC(F)(F)C1. The maximum atomic E-state index is 13.3. The molecule has 1 heterocycles. The molecule has 0 aromatic carbocycles. The van der Waals surface area contributed by atoms with Gasteiger partial charge in [0.15, 0.2) is 0 Å². The van der Waals surface area contributed by atoms with E-state index in [9.17, 15) is 13.6 Å². The molecule has 1 fully saturated rings. The van der Waals surface area contributed by atoms with Crippen molar-refractivity contribution in [2.24, 2.45) is 5.92 Å². The second-order valence-electron chi connectivity index (χ2n) is 5.47. The van der Waals surface area contributed by atoms with Gasteiger partial charge >= 0.3 is 6.09 Å². The number of aliphatic hydroxyl groups is 1. The van der Waals surface area contributed by atoms with E-state index in [0.29, 0.717) is 0 Å². The van der Waals surface area contributed by atoms with E-state index in [4.69, 9.17) is 9.84 Å². The van der Waals surface area contributed by atoms with Crippen LogP contribution >= 0.6 is 0 Å². The van der Waals surface area contributed by atoms with Gasteiger partial charge in [-0.3, -0.25) is 0 Å². The van der Waals surface area contributed by atoms with Crippen molar-refractivity contribution >= 4 is 6.09 Å². The second-order valence-corrected chi connectivity index (χ2v) is 5.47. The Hall–Kier alpha value is -0.910. The number of piperidine rings is 1. The van der Waals surface area contributed by atoms with Gasteiger partial charge in [0, 0.05) is 25.5 Å². The lowest BCUT2D eigenvalue weighted by Gasteiger charge is -2.37. The predicted molar refractivity (Wildman–Crippen MR) is 57.9 cm³/mol. The highest BCUT2D eigenvalue weighted by molar-refractivity contribution is 5.68. The van der Waals surface area contributed by atoms with Crippen molar-refractivity contribution in [1.29, 1.82) is 0 Å². The van der Waals surface area contributed by atoms with Crippen molar-refractivity contribution in [3.8, 4) is 0 Å². The molecule has 0 unspecified atom stereocenters. The van der Waals surface area contributed by atoms with Gasteiger partial charge in [-0.15, -0.1) is 0 Å². The molecule has 1 atom stereocenters. The largest absolute Gasteiger partial charge is 0.444 e. The predicted octanol–water partition coefficient (Wildman–Crippen LogP) is 1.87. The third kappa shape index (κ3) is 4.46. The van der Waals surface area contributed by atoms with Gasteiger partial charge in [0.1, 0.15) is 5.60 Å². The Labute approximate surface area is 99.5 Å². The van der Waals surface area contributed by atoms with Crippen molar-refractivity contribution in [3.05, 3.63) is 0 Å². The Morgan fingerprint density at radius 1 is 1.53 bits per heavy atom. The van der Waals surface area contributed by atoms with Gasteiger partial charge in [-0.25, -0.2) is 13.6 Å². The first-order chi connectivity index (χ1) is 7.63. The standard InChI is InChI=1S/C11H19F2NO3/c1-10(2,3)17-9(16)14-5-8(6-15)4-11(12,13)7-14/h8,15H,4-7H2,1-3H3/t8-/m0/s1. The van der Waals surface area contributed by atoms with Crippen LogP contribution in [0.3, 0.4) is 0 Å². The van der Waals surface area contributed by atoms with E-state index in [-0.39, 0.29) is 19.6 Å². The highest BCUT2D eigenvalue weighted by Gasteiger charge is 2.42. The van der Waals surface area contributed by atoms with Gasteiger partial charge < -0.3 is 14.7 Å². The number of ether oxygens (including phenoxy) is 1. The molecule has 0 aliphatic carbocycles.